The zero-order valence-corrected chi connectivity index (χ0v) is 10.2. The molecule has 3 N–H and O–H groups in total. The van der Waals surface area contributed by atoms with Crippen LogP contribution in [0.4, 0.5) is 5.82 Å². The zero-order chi connectivity index (χ0) is 12.2. The summed E-state index contributed by atoms with van der Waals surface area (Å²) >= 11 is 5.93. The molecule has 0 saturated heterocycles. The third-order valence-electron chi connectivity index (χ3n) is 2.00. The van der Waals surface area contributed by atoms with Crippen LogP contribution in [0.1, 0.15) is 32.3 Å². The van der Waals surface area contributed by atoms with E-state index in [0.717, 1.165) is 0 Å². The van der Waals surface area contributed by atoms with Gasteiger partial charge in [-0.05, 0) is 26.3 Å². The molecule has 0 bridgehead atoms. The van der Waals surface area contributed by atoms with Crippen LogP contribution >= 0.6 is 11.6 Å². The molecule has 0 aliphatic rings. The molecule has 1 aromatic rings. The molecule has 3 nitrogen and oxygen atoms in total. The topological polar surface area (TPSA) is 59.1 Å². The molecule has 16 heavy (non-hydrogen) atoms. The van der Waals surface area contributed by atoms with Crippen molar-refractivity contribution in [1.29, 1.82) is 0 Å². The van der Waals surface area contributed by atoms with E-state index in [1.165, 1.54) is 0 Å². The highest BCUT2D eigenvalue weighted by molar-refractivity contribution is 6.32. The number of anilines is 1. The Hall–Kier alpha value is -1.24. The molecule has 1 aromatic heterocycles. The van der Waals surface area contributed by atoms with Crippen LogP contribution in [-0.4, -0.2) is 15.7 Å². The summed E-state index contributed by atoms with van der Waals surface area (Å²) in [5.74, 6) is 6.14. The summed E-state index contributed by atoms with van der Waals surface area (Å²) in [7, 11) is 0. The number of rotatable bonds is 2. The first-order chi connectivity index (χ1) is 7.40. The SMILES string of the molecule is CC(C)(O)CCC#Cc1c(Cl)ccnc1N. The normalized spacial score (nSPS) is 10.8. The lowest BCUT2D eigenvalue weighted by molar-refractivity contribution is 0.0727. The van der Waals surface area contributed by atoms with Crippen LogP contribution in [0.5, 0.6) is 0 Å². The molecule has 0 aliphatic carbocycles. The van der Waals surface area contributed by atoms with Gasteiger partial charge in [-0.2, -0.15) is 0 Å². The smallest absolute Gasteiger partial charge is 0.140 e. The summed E-state index contributed by atoms with van der Waals surface area (Å²) in [6.07, 6.45) is 2.74. The van der Waals surface area contributed by atoms with Gasteiger partial charge in [-0.1, -0.05) is 23.4 Å². The number of nitrogens with zero attached hydrogens (tertiary/aromatic N) is 1. The number of hydrogen-bond acceptors (Lipinski definition) is 3. The van der Waals surface area contributed by atoms with Crippen LogP contribution in [0.3, 0.4) is 0 Å². The average molecular weight is 239 g/mol. The Balaban J connectivity index is 2.71. The molecule has 1 heterocycles. The monoisotopic (exact) mass is 238 g/mol. The Bertz CT molecular complexity index is 407. The van der Waals surface area contributed by atoms with Crippen molar-refractivity contribution in [2.45, 2.75) is 32.3 Å². The van der Waals surface area contributed by atoms with Crippen LogP contribution in [0.15, 0.2) is 12.3 Å². The first-order valence-electron chi connectivity index (χ1n) is 5.01. The van der Waals surface area contributed by atoms with Gasteiger partial charge in [-0.3, -0.25) is 0 Å². The highest BCUT2D eigenvalue weighted by atomic mass is 35.5. The lowest BCUT2D eigenvalue weighted by atomic mass is 10.0. The van der Waals surface area contributed by atoms with Gasteiger partial charge in [-0.15, -0.1) is 0 Å². The van der Waals surface area contributed by atoms with Crippen molar-refractivity contribution in [3.8, 4) is 11.8 Å². The second-order valence-corrected chi connectivity index (χ2v) is 4.57. The van der Waals surface area contributed by atoms with Gasteiger partial charge in [0.25, 0.3) is 0 Å². The van der Waals surface area contributed by atoms with Crippen molar-refractivity contribution in [2.24, 2.45) is 0 Å². The van der Waals surface area contributed by atoms with Gasteiger partial charge in [0.15, 0.2) is 0 Å². The molecule has 0 spiro atoms. The number of aliphatic hydroxyl groups is 1. The molecular formula is C12H15ClN2O. The maximum Gasteiger partial charge on any atom is 0.140 e. The maximum absolute atomic E-state index is 9.49. The minimum atomic E-state index is -0.695. The van der Waals surface area contributed by atoms with Crippen LogP contribution < -0.4 is 5.73 Å². The fraction of sp³-hybridized carbons (Fsp3) is 0.417. The molecule has 1 rings (SSSR count). The molecule has 0 aliphatic heterocycles. The van der Waals surface area contributed by atoms with Crippen LogP contribution in [0, 0.1) is 11.8 Å². The van der Waals surface area contributed by atoms with Crippen LogP contribution in [-0.2, 0) is 0 Å². The number of nitrogen functional groups attached to an aromatic ring is 1. The second kappa shape index (κ2) is 5.20. The van der Waals surface area contributed by atoms with Crippen molar-refractivity contribution < 1.29 is 5.11 Å². The van der Waals surface area contributed by atoms with E-state index in [1.54, 1.807) is 26.1 Å². The minimum Gasteiger partial charge on any atom is -0.390 e. The van der Waals surface area contributed by atoms with Gasteiger partial charge in [0.05, 0.1) is 16.2 Å². The Morgan fingerprint density at radius 3 is 2.81 bits per heavy atom. The Kier molecular flexibility index (Phi) is 4.17. The summed E-state index contributed by atoms with van der Waals surface area (Å²) in [5.41, 5.74) is 5.50. The fourth-order valence-corrected chi connectivity index (χ4v) is 1.30. The number of nitrogens with two attached hydrogens (primary N) is 1. The van der Waals surface area contributed by atoms with E-state index in [9.17, 15) is 5.11 Å². The number of aromatic nitrogens is 1. The number of hydrogen-bond donors (Lipinski definition) is 2. The standard InChI is InChI=1S/C12H15ClN2O/c1-12(2,16)7-4-3-5-9-10(13)6-8-15-11(9)14/h6,8,16H,4,7H2,1-2H3,(H2,14,15). The first kappa shape index (κ1) is 12.8. The van der Waals surface area contributed by atoms with Crippen molar-refractivity contribution in [3.63, 3.8) is 0 Å². The lowest BCUT2D eigenvalue weighted by Gasteiger charge is -2.13. The van der Waals surface area contributed by atoms with E-state index in [0.29, 0.717) is 29.2 Å². The summed E-state index contributed by atoms with van der Waals surface area (Å²) in [6, 6.07) is 1.65. The lowest BCUT2D eigenvalue weighted by Crippen LogP contribution is -2.17. The van der Waals surface area contributed by atoms with E-state index in [4.69, 9.17) is 17.3 Å². The highest BCUT2D eigenvalue weighted by Gasteiger charge is 2.10. The molecule has 0 amide bonds. The van der Waals surface area contributed by atoms with Crippen LogP contribution in [0.25, 0.3) is 0 Å². The molecule has 0 atom stereocenters. The van der Waals surface area contributed by atoms with E-state index < -0.39 is 5.60 Å². The van der Waals surface area contributed by atoms with E-state index in [1.807, 2.05) is 0 Å². The summed E-state index contributed by atoms with van der Waals surface area (Å²) in [5, 5.41) is 10.00. The highest BCUT2D eigenvalue weighted by Crippen LogP contribution is 2.18. The van der Waals surface area contributed by atoms with Gasteiger partial charge in [0.2, 0.25) is 0 Å². The van der Waals surface area contributed by atoms with Crippen molar-refractivity contribution in [3.05, 3.63) is 22.8 Å². The quantitative estimate of drug-likeness (QED) is 0.777. The van der Waals surface area contributed by atoms with Gasteiger partial charge in [0, 0.05) is 12.6 Å². The molecule has 0 unspecified atom stereocenters. The number of pyridine rings is 1. The molecule has 0 saturated carbocycles. The summed E-state index contributed by atoms with van der Waals surface area (Å²) in [4.78, 5) is 3.91. The average Bonchev–Trinajstić information content (AvgIpc) is 2.14. The van der Waals surface area contributed by atoms with Gasteiger partial charge < -0.3 is 10.8 Å². The van der Waals surface area contributed by atoms with Crippen molar-refractivity contribution in [2.75, 3.05) is 5.73 Å². The maximum atomic E-state index is 9.49. The zero-order valence-electron chi connectivity index (χ0n) is 9.42. The van der Waals surface area contributed by atoms with Crippen LogP contribution in [0.2, 0.25) is 5.02 Å². The fourth-order valence-electron chi connectivity index (χ4n) is 1.10. The van der Waals surface area contributed by atoms with Crippen molar-refractivity contribution >= 4 is 17.4 Å². The molecular weight excluding hydrogens is 224 g/mol. The largest absolute Gasteiger partial charge is 0.390 e. The first-order valence-corrected chi connectivity index (χ1v) is 5.39. The van der Waals surface area contributed by atoms with Crippen molar-refractivity contribution in [1.82, 2.24) is 4.98 Å². The second-order valence-electron chi connectivity index (χ2n) is 4.17. The molecule has 0 radical (unpaired) electrons. The predicted molar refractivity (Wildman–Crippen MR) is 66.1 cm³/mol. The van der Waals surface area contributed by atoms with E-state index >= 15 is 0 Å². The predicted octanol–water partition coefficient (Wildman–Crippen LogP) is 2.22. The third-order valence-corrected chi connectivity index (χ3v) is 2.32. The third kappa shape index (κ3) is 4.09. The Morgan fingerprint density at radius 1 is 1.56 bits per heavy atom. The summed E-state index contributed by atoms with van der Waals surface area (Å²) in [6.45, 7) is 3.50. The number of halogens is 1. The van der Waals surface area contributed by atoms with Gasteiger partial charge in [0.1, 0.15) is 5.82 Å². The molecule has 0 fully saturated rings. The van der Waals surface area contributed by atoms with E-state index in [2.05, 4.69) is 16.8 Å². The minimum absolute atomic E-state index is 0.336. The van der Waals surface area contributed by atoms with Gasteiger partial charge in [-0.25, -0.2) is 4.98 Å². The summed E-state index contributed by atoms with van der Waals surface area (Å²) < 4.78 is 0. The Morgan fingerprint density at radius 2 is 2.25 bits per heavy atom. The van der Waals surface area contributed by atoms with Gasteiger partial charge >= 0.3 is 0 Å². The van der Waals surface area contributed by atoms with E-state index in [-0.39, 0.29) is 0 Å². The molecule has 86 valence electrons. The Labute approximate surface area is 101 Å². The molecule has 4 heteroatoms. The molecule has 0 aromatic carbocycles.